The molecule has 110 valence electrons. The van der Waals surface area contributed by atoms with Crippen molar-refractivity contribution < 1.29 is 23.8 Å². The summed E-state index contributed by atoms with van der Waals surface area (Å²) < 4.78 is 9.93. The zero-order valence-electron chi connectivity index (χ0n) is 11.1. The molecule has 1 aromatic heterocycles. The summed E-state index contributed by atoms with van der Waals surface area (Å²) in [7, 11) is 0. The van der Waals surface area contributed by atoms with Gasteiger partial charge in [-0.2, -0.15) is 0 Å². The summed E-state index contributed by atoms with van der Waals surface area (Å²) in [4.78, 5) is 26.4. The molecule has 0 fully saturated rings. The summed E-state index contributed by atoms with van der Waals surface area (Å²) in [6.45, 7) is 0.0708. The minimum absolute atomic E-state index is 0.00420. The van der Waals surface area contributed by atoms with Crippen LogP contribution in [0.15, 0.2) is 47.3 Å². The minimum Gasteiger partial charge on any atom is -0.480 e. The standard InChI is InChI=1S/C14H14N2O5/c17-13(18)12(6-11-7-15-9-21-11)16-14(19)20-8-10-4-2-1-3-5-10/h1-5,7,9,12H,6,8H2,(H,16,19)(H,17,18). The van der Waals surface area contributed by atoms with Gasteiger partial charge < -0.3 is 19.6 Å². The molecule has 7 heteroatoms. The molecule has 1 amide bonds. The molecule has 1 aromatic carbocycles. The molecule has 2 N–H and O–H groups in total. The fourth-order valence-electron chi connectivity index (χ4n) is 1.65. The van der Waals surface area contributed by atoms with Gasteiger partial charge in [0.2, 0.25) is 0 Å². The van der Waals surface area contributed by atoms with E-state index in [1.807, 2.05) is 18.2 Å². The molecule has 7 nitrogen and oxygen atoms in total. The average Bonchev–Trinajstić information content (AvgIpc) is 2.98. The van der Waals surface area contributed by atoms with Gasteiger partial charge in [-0.1, -0.05) is 30.3 Å². The molecular formula is C14H14N2O5. The van der Waals surface area contributed by atoms with Crippen molar-refractivity contribution in [2.75, 3.05) is 0 Å². The number of aliphatic carboxylic acids is 1. The molecule has 1 unspecified atom stereocenters. The van der Waals surface area contributed by atoms with Crippen LogP contribution in [-0.4, -0.2) is 28.2 Å². The van der Waals surface area contributed by atoms with Crippen LogP contribution < -0.4 is 5.32 Å². The first-order chi connectivity index (χ1) is 10.1. The lowest BCUT2D eigenvalue weighted by atomic mass is 10.2. The van der Waals surface area contributed by atoms with Crippen LogP contribution >= 0.6 is 0 Å². The van der Waals surface area contributed by atoms with E-state index >= 15 is 0 Å². The molecule has 0 aliphatic rings. The molecule has 21 heavy (non-hydrogen) atoms. The first kappa shape index (κ1) is 14.6. The van der Waals surface area contributed by atoms with Gasteiger partial charge in [0.15, 0.2) is 6.39 Å². The van der Waals surface area contributed by atoms with E-state index in [1.54, 1.807) is 12.1 Å². The Morgan fingerprint density at radius 2 is 2.10 bits per heavy atom. The van der Waals surface area contributed by atoms with Crippen molar-refractivity contribution in [3.63, 3.8) is 0 Å². The quantitative estimate of drug-likeness (QED) is 0.837. The highest BCUT2D eigenvalue weighted by Gasteiger charge is 2.22. The number of ether oxygens (including phenoxy) is 1. The van der Waals surface area contributed by atoms with E-state index in [2.05, 4.69) is 10.3 Å². The maximum atomic E-state index is 11.6. The zero-order chi connectivity index (χ0) is 15.1. The maximum Gasteiger partial charge on any atom is 0.408 e. The van der Waals surface area contributed by atoms with Crippen LogP contribution in [-0.2, 0) is 22.6 Å². The van der Waals surface area contributed by atoms with Crippen LogP contribution in [0.25, 0.3) is 0 Å². The van der Waals surface area contributed by atoms with Gasteiger partial charge in [0.05, 0.1) is 6.20 Å². The van der Waals surface area contributed by atoms with Gasteiger partial charge in [0.25, 0.3) is 0 Å². The fraction of sp³-hybridized carbons (Fsp3) is 0.214. The van der Waals surface area contributed by atoms with Gasteiger partial charge in [0, 0.05) is 6.42 Å². The van der Waals surface area contributed by atoms with Gasteiger partial charge in [-0.3, -0.25) is 0 Å². The number of benzene rings is 1. The van der Waals surface area contributed by atoms with E-state index in [1.165, 1.54) is 12.6 Å². The number of amides is 1. The summed E-state index contributed by atoms with van der Waals surface area (Å²) in [5, 5.41) is 11.4. The van der Waals surface area contributed by atoms with Crippen molar-refractivity contribution in [3.8, 4) is 0 Å². The van der Waals surface area contributed by atoms with Crippen molar-refractivity contribution >= 4 is 12.1 Å². The zero-order valence-corrected chi connectivity index (χ0v) is 11.1. The third kappa shape index (κ3) is 4.64. The predicted octanol–water partition coefficient (Wildman–Crippen LogP) is 1.60. The number of aromatic nitrogens is 1. The number of carboxylic acids is 1. The van der Waals surface area contributed by atoms with E-state index < -0.39 is 18.1 Å². The van der Waals surface area contributed by atoms with Crippen LogP contribution in [0.5, 0.6) is 0 Å². The Hall–Kier alpha value is -2.83. The fourth-order valence-corrected chi connectivity index (χ4v) is 1.65. The number of nitrogens with zero attached hydrogens (tertiary/aromatic N) is 1. The van der Waals surface area contributed by atoms with Crippen LogP contribution in [0.1, 0.15) is 11.3 Å². The Balaban J connectivity index is 1.85. The second-order valence-corrected chi connectivity index (χ2v) is 4.27. The smallest absolute Gasteiger partial charge is 0.408 e. The van der Waals surface area contributed by atoms with Crippen molar-refractivity contribution in [1.82, 2.24) is 10.3 Å². The highest BCUT2D eigenvalue weighted by atomic mass is 16.5. The van der Waals surface area contributed by atoms with Gasteiger partial charge >= 0.3 is 12.1 Å². The van der Waals surface area contributed by atoms with Crippen molar-refractivity contribution in [1.29, 1.82) is 0 Å². The van der Waals surface area contributed by atoms with Crippen LogP contribution in [0.2, 0.25) is 0 Å². The van der Waals surface area contributed by atoms with Crippen molar-refractivity contribution in [2.24, 2.45) is 0 Å². The molecule has 0 bridgehead atoms. The van der Waals surface area contributed by atoms with Crippen molar-refractivity contribution in [3.05, 3.63) is 54.2 Å². The molecule has 2 rings (SSSR count). The highest BCUT2D eigenvalue weighted by Crippen LogP contribution is 2.04. The Morgan fingerprint density at radius 3 is 2.71 bits per heavy atom. The summed E-state index contributed by atoms with van der Waals surface area (Å²) in [6.07, 6.45) is 1.79. The molecular weight excluding hydrogens is 276 g/mol. The van der Waals surface area contributed by atoms with Gasteiger partial charge in [0.1, 0.15) is 18.4 Å². The average molecular weight is 290 g/mol. The topological polar surface area (TPSA) is 102 Å². The molecule has 1 atom stereocenters. The molecule has 1 heterocycles. The summed E-state index contributed by atoms with van der Waals surface area (Å²) in [5.41, 5.74) is 0.815. The van der Waals surface area contributed by atoms with E-state index in [0.29, 0.717) is 5.76 Å². The molecule has 0 saturated heterocycles. The van der Waals surface area contributed by atoms with E-state index in [0.717, 1.165) is 5.56 Å². The highest BCUT2D eigenvalue weighted by molar-refractivity contribution is 5.80. The number of oxazole rings is 1. The maximum absolute atomic E-state index is 11.6. The lowest BCUT2D eigenvalue weighted by Crippen LogP contribution is -2.42. The summed E-state index contributed by atoms with van der Waals surface area (Å²) in [5.74, 6) is -0.811. The molecule has 0 aliphatic heterocycles. The number of alkyl carbamates (subject to hydrolysis) is 1. The second-order valence-electron chi connectivity index (χ2n) is 4.27. The van der Waals surface area contributed by atoms with E-state index in [9.17, 15) is 9.59 Å². The van der Waals surface area contributed by atoms with Crippen LogP contribution in [0, 0.1) is 0 Å². The monoisotopic (exact) mass is 290 g/mol. The minimum atomic E-state index is -1.18. The Bertz CT molecular complexity index is 583. The third-order valence-electron chi connectivity index (χ3n) is 2.69. The van der Waals surface area contributed by atoms with Gasteiger partial charge in [-0.25, -0.2) is 14.6 Å². The first-order valence-corrected chi connectivity index (χ1v) is 6.22. The number of rotatable bonds is 6. The number of hydrogen-bond acceptors (Lipinski definition) is 5. The Kier molecular flexibility index (Phi) is 4.92. The Morgan fingerprint density at radius 1 is 1.33 bits per heavy atom. The van der Waals surface area contributed by atoms with E-state index in [4.69, 9.17) is 14.3 Å². The number of hydrogen-bond donors (Lipinski definition) is 2. The normalized spacial score (nSPS) is 11.6. The van der Waals surface area contributed by atoms with Crippen LogP contribution in [0.3, 0.4) is 0 Å². The van der Waals surface area contributed by atoms with Crippen LogP contribution in [0.4, 0.5) is 4.79 Å². The second kappa shape index (κ2) is 7.09. The Labute approximate surface area is 120 Å². The predicted molar refractivity (Wildman–Crippen MR) is 71.4 cm³/mol. The van der Waals surface area contributed by atoms with Gasteiger partial charge in [-0.15, -0.1) is 0 Å². The first-order valence-electron chi connectivity index (χ1n) is 6.22. The summed E-state index contributed by atoms with van der Waals surface area (Å²) >= 11 is 0. The molecule has 0 radical (unpaired) electrons. The number of nitrogens with one attached hydrogen (secondary N) is 1. The summed E-state index contributed by atoms with van der Waals surface area (Å²) in [6, 6.07) is 7.95. The molecule has 0 aliphatic carbocycles. The van der Waals surface area contributed by atoms with Crippen molar-refractivity contribution in [2.45, 2.75) is 19.1 Å². The molecule has 2 aromatic rings. The molecule has 0 spiro atoms. The lowest BCUT2D eigenvalue weighted by molar-refractivity contribution is -0.139. The largest absolute Gasteiger partial charge is 0.480 e. The lowest BCUT2D eigenvalue weighted by Gasteiger charge is -2.13. The molecule has 0 saturated carbocycles. The SMILES string of the molecule is O=C(NC(Cc1cnco1)C(=O)O)OCc1ccccc1. The van der Waals surface area contributed by atoms with Gasteiger partial charge in [-0.05, 0) is 5.56 Å². The third-order valence-corrected chi connectivity index (χ3v) is 2.69. The number of carbonyl (C=O) groups is 2. The number of carbonyl (C=O) groups excluding carboxylic acids is 1. The number of carboxylic acid groups (broad SMARTS) is 1. The van der Waals surface area contributed by atoms with E-state index in [-0.39, 0.29) is 13.0 Å².